The highest BCUT2D eigenvalue weighted by Crippen LogP contribution is 2.30. The third-order valence-corrected chi connectivity index (χ3v) is 4.87. The van der Waals surface area contributed by atoms with Crippen LogP contribution in [0.4, 0.5) is 0 Å². The van der Waals surface area contributed by atoms with E-state index in [1.165, 1.54) is 6.26 Å². The van der Waals surface area contributed by atoms with Crippen molar-refractivity contribution < 1.29 is 23.5 Å². The zero-order valence-electron chi connectivity index (χ0n) is 15.0. The molecular weight excluding hydrogens is 348 g/mol. The minimum atomic E-state index is -0.478. The van der Waals surface area contributed by atoms with E-state index in [1.807, 2.05) is 18.2 Å². The molecule has 2 aromatic rings. The third kappa shape index (κ3) is 3.77. The first kappa shape index (κ1) is 17.5. The molecule has 2 aliphatic heterocycles. The summed E-state index contributed by atoms with van der Waals surface area (Å²) in [5.74, 6) is 1.30. The molecule has 1 aromatic carbocycles. The van der Waals surface area contributed by atoms with Gasteiger partial charge in [-0.2, -0.15) is 0 Å². The zero-order chi connectivity index (χ0) is 18.6. The molecule has 1 atom stereocenters. The Morgan fingerprint density at radius 3 is 2.78 bits per heavy atom. The van der Waals surface area contributed by atoms with Crippen LogP contribution >= 0.6 is 0 Å². The summed E-state index contributed by atoms with van der Waals surface area (Å²) in [6, 6.07) is 8.45. The number of rotatable bonds is 4. The van der Waals surface area contributed by atoms with E-state index in [2.05, 4.69) is 5.32 Å². The van der Waals surface area contributed by atoms with Gasteiger partial charge in [0.15, 0.2) is 17.3 Å². The number of fused-ring (bicyclic) bond motifs is 1. The first-order chi connectivity index (χ1) is 13.2. The lowest BCUT2D eigenvalue weighted by Crippen LogP contribution is -2.51. The molecule has 4 rings (SSSR count). The molecule has 0 bridgehead atoms. The Labute approximate surface area is 157 Å². The maximum Gasteiger partial charge on any atom is 0.290 e. The zero-order valence-corrected chi connectivity index (χ0v) is 15.0. The van der Waals surface area contributed by atoms with Crippen molar-refractivity contribution in [3.8, 4) is 11.5 Å². The summed E-state index contributed by atoms with van der Waals surface area (Å²) < 4.78 is 16.3. The fourth-order valence-corrected chi connectivity index (χ4v) is 3.49. The average Bonchev–Trinajstić information content (AvgIpc) is 3.26. The van der Waals surface area contributed by atoms with E-state index in [0.717, 1.165) is 24.2 Å². The van der Waals surface area contributed by atoms with Crippen LogP contribution in [0.25, 0.3) is 0 Å². The van der Waals surface area contributed by atoms with Crippen LogP contribution in [0.2, 0.25) is 0 Å². The first-order valence-corrected chi connectivity index (χ1v) is 9.23. The Balaban J connectivity index is 1.41. The van der Waals surface area contributed by atoms with Gasteiger partial charge in [0.25, 0.3) is 5.91 Å². The van der Waals surface area contributed by atoms with Crippen molar-refractivity contribution in [3.05, 3.63) is 47.9 Å². The Hall–Kier alpha value is -2.96. The van der Waals surface area contributed by atoms with Crippen molar-refractivity contribution in [1.82, 2.24) is 10.2 Å². The van der Waals surface area contributed by atoms with Crippen molar-refractivity contribution in [1.29, 1.82) is 0 Å². The van der Waals surface area contributed by atoms with Gasteiger partial charge in [-0.15, -0.1) is 0 Å². The number of carbonyl (C=O) groups is 2. The van der Waals surface area contributed by atoms with Crippen LogP contribution in [0.5, 0.6) is 11.5 Å². The largest absolute Gasteiger partial charge is 0.486 e. The van der Waals surface area contributed by atoms with E-state index < -0.39 is 6.04 Å². The van der Waals surface area contributed by atoms with Crippen LogP contribution in [-0.4, -0.2) is 42.5 Å². The van der Waals surface area contributed by atoms with E-state index in [-0.39, 0.29) is 17.6 Å². The van der Waals surface area contributed by atoms with Crippen LogP contribution in [0.1, 0.15) is 35.4 Å². The van der Waals surface area contributed by atoms with Crippen molar-refractivity contribution in [2.24, 2.45) is 0 Å². The fourth-order valence-electron chi connectivity index (χ4n) is 3.49. The summed E-state index contributed by atoms with van der Waals surface area (Å²) in [5, 5.41) is 2.95. The number of nitrogens with one attached hydrogen (secondary N) is 1. The maximum atomic E-state index is 12.8. The standard InChI is InChI=1S/C20H22N2O5/c23-19(21-13-14-6-7-16-18(12-14)27-11-10-26-16)15-4-1-2-8-22(15)20(24)17-5-3-9-25-17/h3,5-7,9,12,15H,1-2,4,8,10-11,13H2,(H,21,23). The number of hydrogen-bond donors (Lipinski definition) is 1. The number of benzene rings is 1. The molecule has 1 aromatic heterocycles. The number of furan rings is 1. The predicted octanol–water partition coefficient (Wildman–Crippen LogP) is 2.36. The summed E-state index contributed by atoms with van der Waals surface area (Å²) in [7, 11) is 0. The van der Waals surface area contributed by atoms with Crippen molar-refractivity contribution in [2.45, 2.75) is 31.8 Å². The molecule has 3 heterocycles. The second kappa shape index (κ2) is 7.73. The summed E-state index contributed by atoms with van der Waals surface area (Å²) >= 11 is 0. The van der Waals surface area contributed by atoms with Crippen LogP contribution < -0.4 is 14.8 Å². The van der Waals surface area contributed by atoms with Gasteiger partial charge in [0.05, 0.1) is 6.26 Å². The van der Waals surface area contributed by atoms with Crippen LogP contribution in [0.15, 0.2) is 41.0 Å². The van der Waals surface area contributed by atoms with Gasteiger partial charge in [-0.1, -0.05) is 6.07 Å². The van der Waals surface area contributed by atoms with Gasteiger partial charge in [0.2, 0.25) is 5.91 Å². The molecule has 7 nitrogen and oxygen atoms in total. The number of carbonyl (C=O) groups excluding carboxylic acids is 2. The van der Waals surface area contributed by atoms with Crippen LogP contribution in [-0.2, 0) is 11.3 Å². The monoisotopic (exact) mass is 370 g/mol. The molecule has 0 saturated carbocycles. The van der Waals surface area contributed by atoms with Crippen molar-refractivity contribution >= 4 is 11.8 Å². The predicted molar refractivity (Wildman–Crippen MR) is 96.7 cm³/mol. The number of ether oxygens (including phenoxy) is 2. The molecule has 1 fully saturated rings. The van der Waals surface area contributed by atoms with E-state index in [4.69, 9.17) is 13.9 Å². The van der Waals surface area contributed by atoms with Crippen LogP contribution in [0, 0.1) is 0 Å². The molecular formula is C20H22N2O5. The van der Waals surface area contributed by atoms with Gasteiger partial charge in [-0.25, -0.2) is 0 Å². The number of amides is 2. The highest BCUT2D eigenvalue weighted by molar-refractivity contribution is 5.95. The number of piperidine rings is 1. The molecule has 0 radical (unpaired) electrons. The Morgan fingerprint density at radius 2 is 1.96 bits per heavy atom. The topological polar surface area (TPSA) is 81.0 Å². The Bertz CT molecular complexity index is 818. The smallest absolute Gasteiger partial charge is 0.290 e. The van der Waals surface area contributed by atoms with Crippen molar-refractivity contribution in [3.63, 3.8) is 0 Å². The van der Waals surface area contributed by atoms with Gasteiger partial charge < -0.3 is 24.1 Å². The van der Waals surface area contributed by atoms with E-state index >= 15 is 0 Å². The fraction of sp³-hybridized carbons (Fsp3) is 0.400. The minimum absolute atomic E-state index is 0.149. The minimum Gasteiger partial charge on any atom is -0.486 e. The summed E-state index contributed by atoms with van der Waals surface area (Å²) in [4.78, 5) is 27.0. The number of likely N-dealkylation sites (tertiary alicyclic amines) is 1. The summed E-state index contributed by atoms with van der Waals surface area (Å²) in [6.45, 7) is 2.00. The first-order valence-electron chi connectivity index (χ1n) is 9.23. The molecule has 1 N–H and O–H groups in total. The lowest BCUT2D eigenvalue weighted by molar-refractivity contribution is -0.126. The Kier molecular flexibility index (Phi) is 5.00. The lowest BCUT2D eigenvalue weighted by atomic mass is 10.0. The van der Waals surface area contributed by atoms with E-state index in [1.54, 1.807) is 17.0 Å². The molecule has 1 saturated heterocycles. The maximum absolute atomic E-state index is 12.8. The molecule has 2 amide bonds. The molecule has 27 heavy (non-hydrogen) atoms. The van der Waals surface area contributed by atoms with Gasteiger partial charge in [0.1, 0.15) is 19.3 Å². The molecule has 2 aliphatic rings. The van der Waals surface area contributed by atoms with Gasteiger partial charge >= 0.3 is 0 Å². The molecule has 0 spiro atoms. The number of hydrogen-bond acceptors (Lipinski definition) is 5. The highest BCUT2D eigenvalue weighted by Gasteiger charge is 2.33. The van der Waals surface area contributed by atoms with Crippen molar-refractivity contribution in [2.75, 3.05) is 19.8 Å². The highest BCUT2D eigenvalue weighted by atomic mass is 16.6. The lowest BCUT2D eigenvalue weighted by Gasteiger charge is -2.34. The quantitative estimate of drug-likeness (QED) is 0.894. The summed E-state index contributed by atoms with van der Waals surface area (Å²) in [5.41, 5.74) is 0.923. The summed E-state index contributed by atoms with van der Waals surface area (Å²) in [6.07, 6.45) is 3.93. The second-order valence-corrected chi connectivity index (χ2v) is 6.68. The van der Waals surface area contributed by atoms with Crippen LogP contribution in [0.3, 0.4) is 0 Å². The van der Waals surface area contributed by atoms with E-state index in [9.17, 15) is 9.59 Å². The van der Waals surface area contributed by atoms with Gasteiger partial charge in [0, 0.05) is 13.1 Å². The second-order valence-electron chi connectivity index (χ2n) is 6.68. The van der Waals surface area contributed by atoms with E-state index in [0.29, 0.717) is 38.5 Å². The number of nitrogens with zero attached hydrogens (tertiary/aromatic N) is 1. The molecule has 1 unspecified atom stereocenters. The normalized spacial score (nSPS) is 18.8. The third-order valence-electron chi connectivity index (χ3n) is 4.87. The molecule has 142 valence electrons. The SMILES string of the molecule is O=C(NCc1ccc2c(c1)OCCO2)C1CCCCN1C(=O)c1ccco1. The Morgan fingerprint density at radius 1 is 1.11 bits per heavy atom. The average molecular weight is 370 g/mol. The molecule has 7 heteroatoms. The molecule has 0 aliphatic carbocycles. The van der Waals surface area contributed by atoms with Gasteiger partial charge in [-0.05, 0) is 49.1 Å². The van der Waals surface area contributed by atoms with Gasteiger partial charge in [-0.3, -0.25) is 9.59 Å².